The number of esters is 1. The van der Waals surface area contributed by atoms with E-state index in [9.17, 15) is 14.4 Å². The van der Waals surface area contributed by atoms with Crippen LogP contribution in [0.5, 0.6) is 0 Å². The van der Waals surface area contributed by atoms with Gasteiger partial charge in [-0.05, 0) is 32.9 Å². The lowest BCUT2D eigenvalue weighted by atomic mass is 10.1. The Morgan fingerprint density at radius 2 is 1.76 bits per heavy atom. The third-order valence-electron chi connectivity index (χ3n) is 2.81. The summed E-state index contributed by atoms with van der Waals surface area (Å²) < 4.78 is 4.75. The Balaban J connectivity index is 2.81. The maximum Gasteiger partial charge on any atom is 0.308 e. The molecule has 0 bridgehead atoms. The summed E-state index contributed by atoms with van der Waals surface area (Å²) in [4.78, 5) is 34.9. The molecule has 0 aromatic heterocycles. The van der Waals surface area contributed by atoms with Gasteiger partial charge in [-0.2, -0.15) is 0 Å². The van der Waals surface area contributed by atoms with E-state index in [-0.39, 0.29) is 13.0 Å². The molecule has 1 rings (SSSR count). The fraction of sp³-hybridized carbons (Fsp3) is 0.400. The van der Waals surface area contributed by atoms with Gasteiger partial charge in [-0.15, -0.1) is 0 Å². The van der Waals surface area contributed by atoms with Crippen LogP contribution in [-0.2, 0) is 14.3 Å². The first-order chi connectivity index (χ1) is 9.83. The standard InChI is InChI=1S/C15H20N2O4/c1-4-21-13(18)8-12(14(16)19)17-15(20)11-6-9(2)5-10(3)7-11/h5-7,12H,4,8H2,1-3H3,(H2,16,19)(H,17,20)/t12-/m1/s1. The number of amides is 2. The monoisotopic (exact) mass is 292 g/mol. The van der Waals surface area contributed by atoms with Crippen LogP contribution in [-0.4, -0.2) is 30.4 Å². The van der Waals surface area contributed by atoms with E-state index in [2.05, 4.69) is 5.32 Å². The van der Waals surface area contributed by atoms with Crippen molar-refractivity contribution in [2.24, 2.45) is 5.73 Å². The zero-order chi connectivity index (χ0) is 16.0. The van der Waals surface area contributed by atoms with Crippen LogP contribution in [0, 0.1) is 13.8 Å². The van der Waals surface area contributed by atoms with Crippen LogP contribution in [0.3, 0.4) is 0 Å². The normalized spacial score (nSPS) is 11.6. The van der Waals surface area contributed by atoms with Gasteiger partial charge in [0.2, 0.25) is 5.91 Å². The van der Waals surface area contributed by atoms with E-state index in [1.807, 2.05) is 19.9 Å². The number of hydrogen-bond donors (Lipinski definition) is 2. The fourth-order valence-corrected chi connectivity index (χ4v) is 1.96. The van der Waals surface area contributed by atoms with Gasteiger partial charge in [0, 0.05) is 5.56 Å². The van der Waals surface area contributed by atoms with Gasteiger partial charge in [-0.1, -0.05) is 17.2 Å². The minimum atomic E-state index is -1.09. The molecule has 2 amide bonds. The molecule has 0 aliphatic carbocycles. The molecule has 6 heteroatoms. The minimum absolute atomic E-state index is 0.204. The summed E-state index contributed by atoms with van der Waals surface area (Å²) in [6.07, 6.45) is -0.278. The van der Waals surface area contributed by atoms with Crippen LogP contribution >= 0.6 is 0 Å². The molecule has 21 heavy (non-hydrogen) atoms. The van der Waals surface area contributed by atoms with Gasteiger partial charge in [0.25, 0.3) is 5.91 Å². The van der Waals surface area contributed by atoms with E-state index in [1.165, 1.54) is 0 Å². The highest BCUT2D eigenvalue weighted by Gasteiger charge is 2.23. The first-order valence-electron chi connectivity index (χ1n) is 6.67. The fourth-order valence-electron chi connectivity index (χ4n) is 1.96. The van der Waals surface area contributed by atoms with Gasteiger partial charge in [-0.3, -0.25) is 14.4 Å². The van der Waals surface area contributed by atoms with Crippen molar-refractivity contribution >= 4 is 17.8 Å². The molecule has 0 fully saturated rings. The van der Waals surface area contributed by atoms with E-state index in [0.717, 1.165) is 11.1 Å². The van der Waals surface area contributed by atoms with Crippen molar-refractivity contribution < 1.29 is 19.1 Å². The topological polar surface area (TPSA) is 98.5 Å². The molecular weight excluding hydrogens is 272 g/mol. The number of hydrogen-bond acceptors (Lipinski definition) is 4. The smallest absolute Gasteiger partial charge is 0.308 e. The van der Waals surface area contributed by atoms with Crippen molar-refractivity contribution in [2.75, 3.05) is 6.61 Å². The Morgan fingerprint density at radius 3 is 2.24 bits per heavy atom. The van der Waals surface area contributed by atoms with Crippen LogP contribution in [0.25, 0.3) is 0 Å². The third kappa shape index (κ3) is 5.25. The van der Waals surface area contributed by atoms with Crippen LogP contribution in [0.1, 0.15) is 34.8 Å². The lowest BCUT2D eigenvalue weighted by molar-refractivity contribution is -0.145. The molecule has 0 unspecified atom stereocenters. The molecule has 0 heterocycles. The highest BCUT2D eigenvalue weighted by atomic mass is 16.5. The second kappa shape index (κ2) is 7.42. The quantitative estimate of drug-likeness (QED) is 0.759. The first kappa shape index (κ1) is 16.7. The van der Waals surface area contributed by atoms with E-state index >= 15 is 0 Å². The molecule has 3 N–H and O–H groups in total. The molecule has 0 radical (unpaired) electrons. The summed E-state index contributed by atoms with van der Waals surface area (Å²) in [6.45, 7) is 5.60. The average Bonchev–Trinajstić information content (AvgIpc) is 2.36. The van der Waals surface area contributed by atoms with E-state index in [1.54, 1.807) is 19.1 Å². The average molecular weight is 292 g/mol. The predicted octanol–water partition coefficient (Wildman–Crippen LogP) is 0.840. The molecule has 1 aromatic carbocycles. The summed E-state index contributed by atoms with van der Waals surface area (Å²) >= 11 is 0. The Labute approximate surface area is 123 Å². The second-order valence-corrected chi connectivity index (χ2v) is 4.81. The number of carbonyl (C=O) groups is 3. The molecule has 0 spiro atoms. The van der Waals surface area contributed by atoms with Crippen molar-refractivity contribution in [1.82, 2.24) is 5.32 Å². The lowest BCUT2D eigenvalue weighted by Gasteiger charge is -2.15. The predicted molar refractivity (Wildman–Crippen MR) is 77.6 cm³/mol. The lowest BCUT2D eigenvalue weighted by Crippen LogP contribution is -2.46. The van der Waals surface area contributed by atoms with Crippen LogP contribution < -0.4 is 11.1 Å². The maximum atomic E-state index is 12.1. The summed E-state index contributed by atoms with van der Waals surface area (Å²) in [6, 6.07) is 4.24. The van der Waals surface area contributed by atoms with Crippen LogP contribution in [0.4, 0.5) is 0 Å². The molecule has 1 aromatic rings. The summed E-state index contributed by atoms with van der Waals surface area (Å²) in [5.74, 6) is -1.81. The van der Waals surface area contributed by atoms with Crippen molar-refractivity contribution in [3.05, 3.63) is 34.9 Å². The zero-order valence-corrected chi connectivity index (χ0v) is 12.4. The number of benzene rings is 1. The van der Waals surface area contributed by atoms with Crippen LogP contribution in [0.15, 0.2) is 18.2 Å². The number of primary amides is 1. The molecule has 114 valence electrons. The SMILES string of the molecule is CCOC(=O)C[C@@H](NC(=O)c1cc(C)cc(C)c1)C(N)=O. The van der Waals surface area contributed by atoms with Gasteiger partial charge in [0.15, 0.2) is 0 Å². The third-order valence-corrected chi connectivity index (χ3v) is 2.81. The zero-order valence-electron chi connectivity index (χ0n) is 12.4. The summed E-state index contributed by atoms with van der Waals surface area (Å²) in [5.41, 5.74) is 7.49. The van der Waals surface area contributed by atoms with Gasteiger partial charge < -0.3 is 15.8 Å². The Morgan fingerprint density at radius 1 is 1.19 bits per heavy atom. The molecule has 0 aliphatic heterocycles. The number of nitrogens with two attached hydrogens (primary N) is 1. The molecule has 0 saturated heterocycles. The van der Waals surface area contributed by atoms with Gasteiger partial charge in [0.1, 0.15) is 6.04 Å². The van der Waals surface area contributed by atoms with Crippen molar-refractivity contribution in [3.8, 4) is 0 Å². The largest absolute Gasteiger partial charge is 0.466 e. The molecule has 6 nitrogen and oxygen atoms in total. The summed E-state index contributed by atoms with van der Waals surface area (Å²) in [7, 11) is 0. The van der Waals surface area contributed by atoms with Gasteiger partial charge in [0.05, 0.1) is 13.0 Å². The van der Waals surface area contributed by atoms with Gasteiger partial charge >= 0.3 is 5.97 Å². The highest BCUT2D eigenvalue weighted by molar-refractivity contribution is 5.98. The van der Waals surface area contributed by atoms with Crippen LogP contribution in [0.2, 0.25) is 0 Å². The number of nitrogens with one attached hydrogen (secondary N) is 1. The first-order valence-corrected chi connectivity index (χ1v) is 6.67. The number of carbonyl (C=O) groups excluding carboxylic acids is 3. The summed E-state index contributed by atoms with van der Waals surface area (Å²) in [5, 5.41) is 2.46. The van der Waals surface area contributed by atoms with E-state index < -0.39 is 23.8 Å². The minimum Gasteiger partial charge on any atom is -0.466 e. The molecule has 0 aliphatic rings. The van der Waals surface area contributed by atoms with Crippen molar-refractivity contribution in [2.45, 2.75) is 33.2 Å². The maximum absolute atomic E-state index is 12.1. The number of ether oxygens (including phenoxy) is 1. The highest BCUT2D eigenvalue weighted by Crippen LogP contribution is 2.09. The van der Waals surface area contributed by atoms with Crippen molar-refractivity contribution in [3.63, 3.8) is 0 Å². The van der Waals surface area contributed by atoms with Crippen molar-refractivity contribution in [1.29, 1.82) is 0 Å². The Bertz CT molecular complexity index is 534. The Hall–Kier alpha value is -2.37. The second-order valence-electron chi connectivity index (χ2n) is 4.81. The molecular formula is C15H20N2O4. The molecule has 0 saturated carbocycles. The number of aryl methyl sites for hydroxylation is 2. The molecule has 1 atom stereocenters. The van der Waals surface area contributed by atoms with E-state index in [4.69, 9.17) is 10.5 Å². The van der Waals surface area contributed by atoms with E-state index in [0.29, 0.717) is 5.56 Å². The van der Waals surface area contributed by atoms with Gasteiger partial charge in [-0.25, -0.2) is 0 Å². The number of rotatable bonds is 6. The Kier molecular flexibility index (Phi) is 5.90.